The van der Waals surface area contributed by atoms with Gasteiger partial charge in [0.2, 0.25) is 0 Å². The van der Waals surface area contributed by atoms with Crippen molar-refractivity contribution in [3.63, 3.8) is 0 Å². The molecule has 3 aromatic heterocycles. The van der Waals surface area contributed by atoms with E-state index in [0.29, 0.717) is 63.1 Å². The number of allylic oxidation sites excluding steroid dienone is 1. The molecule has 13 nitrogen and oxygen atoms in total. The molecule has 282 valence electrons. The summed E-state index contributed by atoms with van der Waals surface area (Å²) in [5, 5.41) is 14.9. The van der Waals surface area contributed by atoms with Crippen LogP contribution in [-0.4, -0.2) is 77.3 Å². The van der Waals surface area contributed by atoms with Crippen LogP contribution in [0.5, 0.6) is 11.5 Å². The Hall–Kier alpha value is -6.61. The fourth-order valence-electron chi connectivity index (χ4n) is 6.45. The van der Waals surface area contributed by atoms with Crippen LogP contribution in [-0.2, 0) is 17.8 Å². The molecule has 6 rings (SSSR count). The highest BCUT2D eigenvalue weighted by atomic mass is 19.1. The van der Waals surface area contributed by atoms with Crippen molar-refractivity contribution in [1.29, 1.82) is 0 Å². The molecule has 0 atom stereocenters. The van der Waals surface area contributed by atoms with Gasteiger partial charge in [-0.2, -0.15) is 0 Å². The van der Waals surface area contributed by atoms with E-state index in [9.17, 15) is 19.7 Å². The number of carbonyl (C=O) groups excluding carboxylic acids is 1. The van der Waals surface area contributed by atoms with Gasteiger partial charge in [0.15, 0.2) is 28.9 Å². The highest BCUT2D eigenvalue weighted by Gasteiger charge is 2.28. The maximum absolute atomic E-state index is 15.8. The molecule has 0 amide bonds. The van der Waals surface area contributed by atoms with E-state index in [1.807, 2.05) is 14.1 Å². The largest absolute Gasteiger partial charge is 0.494 e. The van der Waals surface area contributed by atoms with Crippen molar-refractivity contribution >= 4 is 34.4 Å². The zero-order chi connectivity index (χ0) is 39.3. The summed E-state index contributed by atoms with van der Waals surface area (Å²) in [7, 11) is 6.30. The van der Waals surface area contributed by atoms with E-state index >= 15 is 8.78 Å². The Morgan fingerprint density at radius 1 is 1.04 bits per heavy atom. The number of hydrogen-bond acceptors (Lipinski definition) is 10. The van der Waals surface area contributed by atoms with Crippen LogP contribution >= 0.6 is 0 Å². The van der Waals surface area contributed by atoms with Crippen LogP contribution in [0.1, 0.15) is 17.5 Å². The number of aromatic nitrogens is 3. The van der Waals surface area contributed by atoms with Crippen LogP contribution in [0.4, 0.5) is 20.3 Å². The molecule has 0 spiro atoms. The van der Waals surface area contributed by atoms with Gasteiger partial charge in [0, 0.05) is 42.8 Å². The Balaban J connectivity index is 1.31. The second-order valence-electron chi connectivity index (χ2n) is 13.6. The minimum atomic E-state index is -1.06. The minimum absolute atomic E-state index is 0.0148. The van der Waals surface area contributed by atoms with Gasteiger partial charge in [0.05, 0.1) is 75.5 Å². The lowest BCUT2D eigenvalue weighted by Crippen LogP contribution is -2.41. The number of benzene rings is 2. The fraction of sp³-hybridized carbons (Fsp3) is 0.225. The van der Waals surface area contributed by atoms with Crippen molar-refractivity contribution < 1.29 is 32.5 Å². The summed E-state index contributed by atoms with van der Waals surface area (Å²) in [6, 6.07) is 14.8. The lowest BCUT2D eigenvalue weighted by atomic mass is 10.0. The number of methoxy groups -OCH3 is 2. The molecule has 0 unspecified atom stereocenters. The van der Waals surface area contributed by atoms with Gasteiger partial charge >= 0.3 is 5.82 Å². The molecule has 15 heteroatoms. The Labute approximate surface area is 314 Å². The van der Waals surface area contributed by atoms with Gasteiger partial charge in [-0.15, -0.1) is 0 Å². The first-order valence-corrected chi connectivity index (χ1v) is 17.2. The van der Waals surface area contributed by atoms with Crippen molar-refractivity contribution in [2.75, 3.05) is 46.7 Å². The van der Waals surface area contributed by atoms with Crippen molar-refractivity contribution in [2.24, 2.45) is 4.99 Å². The van der Waals surface area contributed by atoms with Crippen molar-refractivity contribution in [3.05, 3.63) is 140 Å². The number of carbonyl (C=O) groups is 1. The number of quaternary nitrogens is 1. The first kappa shape index (κ1) is 38.1. The molecule has 0 saturated carbocycles. The van der Waals surface area contributed by atoms with Crippen molar-refractivity contribution in [2.45, 2.75) is 19.4 Å². The third-order valence-corrected chi connectivity index (χ3v) is 9.03. The van der Waals surface area contributed by atoms with E-state index in [1.54, 1.807) is 60.9 Å². The maximum atomic E-state index is 15.8. The van der Waals surface area contributed by atoms with Crippen LogP contribution in [0.15, 0.2) is 107 Å². The van der Waals surface area contributed by atoms with Gasteiger partial charge < -0.3 is 34.0 Å². The van der Waals surface area contributed by atoms with E-state index < -0.39 is 27.7 Å². The number of nitrogens with one attached hydrogen (secondary N) is 1. The summed E-state index contributed by atoms with van der Waals surface area (Å²) in [6.07, 6.45) is 10.0. The Bertz CT molecular complexity index is 2420. The van der Waals surface area contributed by atoms with Crippen molar-refractivity contribution in [1.82, 2.24) is 14.5 Å². The first-order valence-electron chi connectivity index (χ1n) is 17.2. The zero-order valence-corrected chi connectivity index (χ0v) is 30.6. The number of likely N-dealkylation sites (N-methyl/N-ethyl adjacent to an activating group) is 1. The molecule has 0 aliphatic carbocycles. The summed E-state index contributed by atoms with van der Waals surface area (Å²) < 4.78 is 43.6. The maximum Gasteiger partial charge on any atom is 0.368 e. The third-order valence-electron chi connectivity index (χ3n) is 9.03. The average molecular weight is 751 g/mol. The number of fused-ring (bicyclic) bond motifs is 1. The van der Waals surface area contributed by atoms with Crippen LogP contribution in [0.25, 0.3) is 22.0 Å². The molecule has 0 fully saturated rings. The number of ether oxygens (including phenoxy) is 2. The molecule has 0 saturated heterocycles. The fourth-order valence-corrected chi connectivity index (χ4v) is 6.45. The molecule has 1 N–H and O–H groups in total. The minimum Gasteiger partial charge on any atom is -0.494 e. The highest BCUT2D eigenvalue weighted by molar-refractivity contribution is 5.91. The quantitative estimate of drug-likeness (QED) is 0.0567. The zero-order valence-electron chi connectivity index (χ0n) is 30.6. The smallest absolute Gasteiger partial charge is 0.368 e. The van der Waals surface area contributed by atoms with Gasteiger partial charge in [-0.05, 0) is 46.4 Å². The molecule has 0 bridgehead atoms. The predicted molar refractivity (Wildman–Crippen MR) is 204 cm³/mol. The van der Waals surface area contributed by atoms with E-state index in [0.717, 1.165) is 6.07 Å². The lowest BCUT2D eigenvalue weighted by Gasteiger charge is -2.28. The summed E-state index contributed by atoms with van der Waals surface area (Å²) >= 11 is 0. The SMILES string of the molecule is COc1cc(OC)c(F)c(-c2cc3cnc(Nc4cccnc4)cc3n(Cc3cccc(CC(=O)/C=C/C[N+](C)(C)CC4=C([N+](=O)[O-])N=CC4)c3)c2=O)c1F. The van der Waals surface area contributed by atoms with E-state index in [-0.39, 0.29) is 41.6 Å². The number of ketones is 1. The highest BCUT2D eigenvalue weighted by Crippen LogP contribution is 2.37. The second kappa shape index (κ2) is 16.2. The number of nitro groups is 1. The second-order valence-corrected chi connectivity index (χ2v) is 13.6. The summed E-state index contributed by atoms with van der Waals surface area (Å²) in [6.45, 7) is 0.854. The monoisotopic (exact) mass is 750 g/mol. The summed E-state index contributed by atoms with van der Waals surface area (Å²) in [5.74, 6) is -2.60. The van der Waals surface area contributed by atoms with E-state index in [2.05, 4.69) is 20.3 Å². The standard InChI is InChI=1S/C40H37F2N7O6/c1-49(2,24-27-12-14-44-39(27)48(52)53)15-7-11-30(50)17-25-8-5-9-26(16-25)23-47-32-19-35(46-29-10-6-13-43-22-29)45-21-28(32)18-31(40(47)51)36-37(41)33(54-3)20-34(55-4)38(36)42/h5-11,13-14,16,18-22H,12,15,17,23-24H2,1-4H3/p+1/b11-7+. The Kier molecular flexibility index (Phi) is 11.2. The van der Waals surface area contributed by atoms with E-state index in [1.165, 1.54) is 43.3 Å². The molecular formula is C40H38F2N7O6+. The molecule has 4 heterocycles. The molecule has 1 aliphatic rings. The van der Waals surface area contributed by atoms with Gasteiger partial charge in [0.1, 0.15) is 18.6 Å². The molecule has 1 aliphatic heterocycles. The van der Waals surface area contributed by atoms with Crippen LogP contribution in [0.3, 0.4) is 0 Å². The van der Waals surface area contributed by atoms with Crippen LogP contribution in [0.2, 0.25) is 0 Å². The Morgan fingerprint density at radius 2 is 1.78 bits per heavy atom. The molecular weight excluding hydrogens is 712 g/mol. The molecule has 2 aromatic carbocycles. The third kappa shape index (κ3) is 8.63. The van der Waals surface area contributed by atoms with Gasteiger partial charge in [0.25, 0.3) is 5.56 Å². The molecule has 5 aromatic rings. The number of nitrogens with zero attached hydrogens (tertiary/aromatic N) is 6. The molecule has 55 heavy (non-hydrogen) atoms. The van der Waals surface area contributed by atoms with Gasteiger partial charge in [-0.1, -0.05) is 29.3 Å². The van der Waals surface area contributed by atoms with E-state index in [4.69, 9.17) is 9.47 Å². The number of aliphatic imine (C=N–C) groups is 1. The average Bonchev–Trinajstić information content (AvgIpc) is 3.62. The van der Waals surface area contributed by atoms with Gasteiger partial charge in [-0.3, -0.25) is 14.6 Å². The van der Waals surface area contributed by atoms with Crippen LogP contribution in [0, 0.1) is 21.7 Å². The summed E-state index contributed by atoms with van der Waals surface area (Å²) in [4.78, 5) is 50.7. The number of hydrogen-bond donors (Lipinski definition) is 1. The predicted octanol–water partition coefficient (Wildman–Crippen LogP) is 6.25. The van der Waals surface area contributed by atoms with Gasteiger partial charge in [-0.25, -0.2) is 13.8 Å². The first-order chi connectivity index (χ1) is 26.4. The Morgan fingerprint density at radius 3 is 2.47 bits per heavy atom. The topological polar surface area (TPSA) is 151 Å². The lowest BCUT2D eigenvalue weighted by molar-refractivity contribution is -0.880. The number of anilines is 2. The number of pyridine rings is 3. The summed E-state index contributed by atoms with van der Waals surface area (Å²) in [5.41, 5.74) is 1.52. The van der Waals surface area contributed by atoms with Crippen molar-refractivity contribution in [3.8, 4) is 22.6 Å². The number of rotatable bonds is 15. The molecule has 0 radical (unpaired) electrons. The normalized spacial score (nSPS) is 12.8. The van der Waals surface area contributed by atoms with Crippen LogP contribution < -0.4 is 20.3 Å². The number of halogens is 2.